The van der Waals surface area contributed by atoms with Crippen LogP contribution in [-0.4, -0.2) is 11.7 Å². The first-order chi connectivity index (χ1) is 8.75. The molecule has 3 N–H and O–H groups in total. The second kappa shape index (κ2) is 4.35. The minimum Gasteiger partial charge on any atom is -0.508 e. The lowest BCUT2D eigenvalue weighted by Gasteiger charge is -2.34. The Bertz CT molecular complexity index is 554. The maximum atomic E-state index is 9.96. The Kier molecular flexibility index (Phi) is 2.68. The van der Waals surface area contributed by atoms with E-state index in [1.54, 1.807) is 6.07 Å². The van der Waals surface area contributed by atoms with Crippen LogP contribution in [0.2, 0.25) is 0 Å². The summed E-state index contributed by atoms with van der Waals surface area (Å²) in [4.78, 5) is 2.20. The number of nitrogens with two attached hydrogens (primary N) is 1. The maximum Gasteiger partial charge on any atom is 0.120 e. The first-order valence-corrected chi connectivity index (χ1v) is 6.12. The Labute approximate surface area is 106 Å². The summed E-state index contributed by atoms with van der Waals surface area (Å²) in [5.41, 5.74) is 9.33. The molecule has 1 unspecified atom stereocenters. The number of nitrogens with zero attached hydrogens (tertiary/aromatic N) is 1. The summed E-state index contributed by atoms with van der Waals surface area (Å²) in [5, 5.41) is 9.96. The summed E-state index contributed by atoms with van der Waals surface area (Å²) in [6, 6.07) is 15.7. The Balaban J connectivity index is 1.99. The molecule has 2 aromatic rings. The molecule has 0 saturated carbocycles. The average Bonchev–Trinajstić information content (AvgIpc) is 2.41. The van der Waals surface area contributed by atoms with Crippen molar-refractivity contribution in [3.05, 3.63) is 59.7 Å². The van der Waals surface area contributed by atoms with Crippen molar-refractivity contribution in [2.24, 2.45) is 5.73 Å². The normalized spacial score (nSPS) is 18.5. The molecule has 3 heteroatoms. The summed E-state index contributed by atoms with van der Waals surface area (Å²) < 4.78 is 0. The highest BCUT2D eigenvalue weighted by atomic mass is 16.3. The Morgan fingerprint density at radius 1 is 1.06 bits per heavy atom. The summed E-state index contributed by atoms with van der Waals surface area (Å²) >= 11 is 0. The van der Waals surface area contributed by atoms with Gasteiger partial charge in [-0.1, -0.05) is 30.3 Å². The van der Waals surface area contributed by atoms with Crippen molar-refractivity contribution in [2.75, 3.05) is 11.4 Å². The maximum absolute atomic E-state index is 9.96. The highest BCUT2D eigenvalue weighted by Crippen LogP contribution is 2.33. The summed E-state index contributed by atoms with van der Waals surface area (Å²) in [5.74, 6) is 0.337. The molecule has 1 atom stereocenters. The second-order valence-electron chi connectivity index (χ2n) is 4.67. The number of para-hydroxylation sites is 1. The molecule has 0 spiro atoms. The standard InChI is InChI=1S/C15H16N2O/c16-14-10-17(11-5-2-1-3-6-11)9-13-12(14)7-4-8-15(13)18/h1-8,14,18H,9-10,16H2. The summed E-state index contributed by atoms with van der Waals surface area (Å²) in [6.07, 6.45) is 0. The number of fused-ring (bicyclic) bond motifs is 1. The van der Waals surface area contributed by atoms with E-state index in [1.165, 1.54) is 0 Å². The van der Waals surface area contributed by atoms with Crippen molar-refractivity contribution < 1.29 is 5.11 Å². The van der Waals surface area contributed by atoms with Crippen LogP contribution in [0.1, 0.15) is 17.2 Å². The van der Waals surface area contributed by atoms with Gasteiger partial charge in [0.1, 0.15) is 5.75 Å². The molecule has 0 fully saturated rings. The lowest BCUT2D eigenvalue weighted by atomic mass is 9.95. The number of phenolic OH excluding ortho intramolecular Hbond substituents is 1. The van der Waals surface area contributed by atoms with Gasteiger partial charge in [0.25, 0.3) is 0 Å². The minimum atomic E-state index is -0.0546. The third kappa shape index (κ3) is 1.83. The van der Waals surface area contributed by atoms with Gasteiger partial charge in [-0.05, 0) is 23.8 Å². The minimum absolute atomic E-state index is 0.0546. The average molecular weight is 240 g/mol. The van der Waals surface area contributed by atoms with E-state index < -0.39 is 0 Å². The lowest BCUT2D eigenvalue weighted by Crippen LogP contribution is -2.37. The van der Waals surface area contributed by atoms with Crippen LogP contribution in [0.15, 0.2) is 48.5 Å². The Morgan fingerprint density at radius 2 is 1.83 bits per heavy atom. The van der Waals surface area contributed by atoms with E-state index in [9.17, 15) is 5.11 Å². The van der Waals surface area contributed by atoms with Crippen LogP contribution in [0.4, 0.5) is 5.69 Å². The third-order valence-electron chi connectivity index (χ3n) is 3.47. The quantitative estimate of drug-likeness (QED) is 0.804. The van der Waals surface area contributed by atoms with Crippen molar-refractivity contribution in [2.45, 2.75) is 12.6 Å². The number of rotatable bonds is 1. The van der Waals surface area contributed by atoms with Crippen LogP contribution in [0.25, 0.3) is 0 Å². The molecule has 92 valence electrons. The summed E-state index contributed by atoms with van der Waals surface area (Å²) in [6.45, 7) is 1.49. The number of hydrogen-bond acceptors (Lipinski definition) is 3. The van der Waals surface area contributed by atoms with Crippen molar-refractivity contribution in [3.63, 3.8) is 0 Å². The van der Waals surface area contributed by atoms with Crippen molar-refractivity contribution in [1.29, 1.82) is 0 Å². The van der Waals surface area contributed by atoms with E-state index in [0.717, 1.165) is 23.4 Å². The number of benzene rings is 2. The molecule has 3 rings (SSSR count). The lowest BCUT2D eigenvalue weighted by molar-refractivity contribution is 0.459. The molecule has 0 saturated heterocycles. The van der Waals surface area contributed by atoms with Crippen LogP contribution in [0, 0.1) is 0 Å². The molecule has 2 aromatic carbocycles. The largest absolute Gasteiger partial charge is 0.508 e. The third-order valence-corrected chi connectivity index (χ3v) is 3.47. The van der Waals surface area contributed by atoms with Crippen LogP contribution in [0.3, 0.4) is 0 Å². The highest BCUT2D eigenvalue weighted by molar-refractivity contribution is 5.53. The molecule has 1 aliphatic rings. The molecule has 0 aliphatic carbocycles. The van der Waals surface area contributed by atoms with E-state index in [2.05, 4.69) is 17.0 Å². The zero-order chi connectivity index (χ0) is 12.5. The molecular formula is C15H16N2O. The van der Waals surface area contributed by atoms with Gasteiger partial charge in [-0.25, -0.2) is 0 Å². The number of anilines is 1. The van der Waals surface area contributed by atoms with Gasteiger partial charge in [0, 0.05) is 30.4 Å². The number of phenols is 1. The first kappa shape index (κ1) is 11.1. The SMILES string of the molecule is NC1CN(c2ccccc2)Cc2c(O)cccc21. The van der Waals surface area contributed by atoms with Crippen molar-refractivity contribution in [1.82, 2.24) is 0 Å². The van der Waals surface area contributed by atoms with Gasteiger partial charge in [0.05, 0.1) is 0 Å². The molecule has 0 bridgehead atoms. The van der Waals surface area contributed by atoms with Crippen LogP contribution < -0.4 is 10.6 Å². The van der Waals surface area contributed by atoms with Crippen LogP contribution in [-0.2, 0) is 6.54 Å². The van der Waals surface area contributed by atoms with Gasteiger partial charge in [-0.3, -0.25) is 0 Å². The van der Waals surface area contributed by atoms with E-state index in [0.29, 0.717) is 12.3 Å². The molecular weight excluding hydrogens is 224 g/mol. The molecule has 3 nitrogen and oxygen atoms in total. The molecule has 18 heavy (non-hydrogen) atoms. The van der Waals surface area contributed by atoms with Gasteiger partial charge >= 0.3 is 0 Å². The van der Waals surface area contributed by atoms with E-state index in [1.807, 2.05) is 30.3 Å². The van der Waals surface area contributed by atoms with Gasteiger partial charge in [0.2, 0.25) is 0 Å². The molecule has 1 heterocycles. The zero-order valence-corrected chi connectivity index (χ0v) is 10.1. The fourth-order valence-corrected chi connectivity index (χ4v) is 2.54. The molecule has 0 aromatic heterocycles. The Morgan fingerprint density at radius 3 is 2.61 bits per heavy atom. The molecule has 1 aliphatic heterocycles. The monoisotopic (exact) mass is 240 g/mol. The topological polar surface area (TPSA) is 49.5 Å². The summed E-state index contributed by atoms with van der Waals surface area (Å²) in [7, 11) is 0. The van der Waals surface area contributed by atoms with Gasteiger partial charge < -0.3 is 15.7 Å². The van der Waals surface area contributed by atoms with Crippen molar-refractivity contribution in [3.8, 4) is 5.75 Å². The van der Waals surface area contributed by atoms with E-state index in [-0.39, 0.29) is 6.04 Å². The first-order valence-electron chi connectivity index (χ1n) is 6.12. The Hall–Kier alpha value is -2.00. The van der Waals surface area contributed by atoms with Crippen molar-refractivity contribution >= 4 is 5.69 Å². The molecule has 0 amide bonds. The fourth-order valence-electron chi connectivity index (χ4n) is 2.54. The van der Waals surface area contributed by atoms with E-state index >= 15 is 0 Å². The van der Waals surface area contributed by atoms with Gasteiger partial charge in [0.15, 0.2) is 0 Å². The second-order valence-corrected chi connectivity index (χ2v) is 4.67. The fraction of sp³-hybridized carbons (Fsp3) is 0.200. The predicted octanol–water partition coefficient (Wildman–Crippen LogP) is 2.41. The van der Waals surface area contributed by atoms with Gasteiger partial charge in [-0.2, -0.15) is 0 Å². The predicted molar refractivity (Wildman–Crippen MR) is 72.5 cm³/mol. The van der Waals surface area contributed by atoms with Crippen LogP contribution in [0.5, 0.6) is 5.75 Å². The smallest absolute Gasteiger partial charge is 0.120 e. The highest BCUT2D eigenvalue weighted by Gasteiger charge is 2.24. The number of aromatic hydroxyl groups is 1. The number of hydrogen-bond donors (Lipinski definition) is 2. The molecule has 0 radical (unpaired) electrons. The zero-order valence-electron chi connectivity index (χ0n) is 10.1. The van der Waals surface area contributed by atoms with Crippen LogP contribution >= 0.6 is 0 Å². The van der Waals surface area contributed by atoms with Gasteiger partial charge in [-0.15, -0.1) is 0 Å². The van der Waals surface area contributed by atoms with E-state index in [4.69, 9.17) is 5.73 Å².